The van der Waals surface area contributed by atoms with Gasteiger partial charge in [-0.15, -0.1) is 0 Å². The zero-order valence-electron chi connectivity index (χ0n) is 76.6. The first-order chi connectivity index (χ1) is 60.3. The van der Waals surface area contributed by atoms with Gasteiger partial charge in [-0.25, -0.2) is 31.2 Å². The van der Waals surface area contributed by atoms with Crippen LogP contribution in [0.5, 0.6) is 0 Å². The number of hydrogen-bond donors (Lipinski definition) is 9. The molecule has 9 N–H and O–H groups in total. The fourth-order valence-electron chi connectivity index (χ4n) is 15.2. The predicted molar refractivity (Wildman–Crippen MR) is 479 cm³/mol. The summed E-state index contributed by atoms with van der Waals surface area (Å²) in [6.45, 7) is 31.1. The number of hydrazine groups is 3. The molecule has 690 valence electrons. The van der Waals surface area contributed by atoms with Crippen LogP contribution >= 0.6 is 0 Å². The monoisotopic (exact) mass is 1770 g/mol. The topological polar surface area (TPSA) is 398 Å². The number of rotatable bonds is 7. The maximum absolute atomic E-state index is 13.9. The number of cyclic esters (lactones) is 3. The summed E-state index contributed by atoms with van der Waals surface area (Å²) in [5.74, 6) is -6.64. The number of ether oxygens (including phenoxy) is 4. The SMILES string of the molecule is CC(C)[C@@H]1NC(=O)C(C)(C(C)(C)C)/C=C/c2ccc3ccc(nc3c2)[C@@H](C)OC(=O)[C@@H]2CCCN(N2)C(=O)[C@H](C)NC1=O.CC(C)[C@@H]1NC(=O)C(C)(C)/C=C/c2ccc3ccc(nc3c2)[C@@H](C)OC(=O)[C@@H]2CCCN(N2)C(=O)[C@H](COC(F)F)NC1=O.CC[C@@]1(C)/C=C/c2ccc3ccc(nc3c2)[C@@H](C)OC(=O)[C@@H]2CCCN(N2)C(=O)[C@H](C)NC(=O)[C@H](C(C)C)NC1=O. The number of halogens is 2. The fourth-order valence-corrected chi connectivity index (χ4v) is 15.2. The molecule has 3 fully saturated rings. The van der Waals surface area contributed by atoms with Crippen LogP contribution in [-0.4, -0.2) is 188 Å². The quantitative estimate of drug-likeness (QED) is 0.0529. The van der Waals surface area contributed by atoms with E-state index < -0.39 is 161 Å². The molecular weight excluding hydrogens is 1650 g/mol. The van der Waals surface area contributed by atoms with E-state index >= 15 is 0 Å². The number of carbonyl (C=O) groups excluding carboxylic acids is 12. The van der Waals surface area contributed by atoms with E-state index in [1.807, 2.05) is 178 Å². The van der Waals surface area contributed by atoms with Crippen molar-refractivity contribution in [3.8, 4) is 0 Å². The molecule has 6 aliphatic rings. The Labute approximate surface area is 746 Å². The second-order valence-electron chi connectivity index (χ2n) is 36.9. The van der Waals surface area contributed by atoms with Gasteiger partial charge >= 0.3 is 24.5 Å². The number of nitrogens with zero attached hydrogens (tertiary/aromatic N) is 6. The van der Waals surface area contributed by atoms with E-state index in [0.717, 1.165) is 48.9 Å². The molecule has 9 amide bonds. The summed E-state index contributed by atoms with van der Waals surface area (Å²) in [4.78, 5) is 175. The Hall–Kier alpha value is -11.6. The van der Waals surface area contributed by atoms with Gasteiger partial charge in [0.2, 0.25) is 35.4 Å². The highest BCUT2D eigenvalue weighted by molar-refractivity contribution is 5.98. The lowest BCUT2D eigenvalue weighted by Crippen LogP contribution is -2.62. The van der Waals surface area contributed by atoms with Gasteiger partial charge in [-0.05, 0) is 184 Å². The number of benzene rings is 3. The Balaban J connectivity index is 0.000000200. The average molecular weight is 1770 g/mol. The van der Waals surface area contributed by atoms with Crippen LogP contribution in [0.2, 0.25) is 0 Å². The van der Waals surface area contributed by atoms with Gasteiger partial charge in [0.15, 0.2) is 0 Å². The molecule has 6 aromatic rings. The highest BCUT2D eigenvalue weighted by Gasteiger charge is 2.46. The van der Waals surface area contributed by atoms with Gasteiger partial charge in [0.05, 0.1) is 56.5 Å². The number of carbonyl (C=O) groups is 12. The van der Waals surface area contributed by atoms with Crippen molar-refractivity contribution in [1.29, 1.82) is 0 Å². The van der Waals surface area contributed by atoms with Crippen LogP contribution in [0.4, 0.5) is 8.78 Å². The van der Waals surface area contributed by atoms with Crippen molar-refractivity contribution < 1.29 is 85.3 Å². The second kappa shape index (κ2) is 42.1. The van der Waals surface area contributed by atoms with Crippen molar-refractivity contribution in [2.75, 3.05) is 26.2 Å². The lowest BCUT2D eigenvalue weighted by atomic mass is 9.66. The molecule has 12 rings (SSSR count). The van der Waals surface area contributed by atoms with E-state index in [-0.39, 0.29) is 42.0 Å². The summed E-state index contributed by atoms with van der Waals surface area (Å²) in [7, 11) is 0. The Morgan fingerprint density at radius 1 is 0.445 bits per heavy atom. The third-order valence-electron chi connectivity index (χ3n) is 24.5. The molecule has 14 atom stereocenters. The molecule has 0 aliphatic carbocycles. The second-order valence-corrected chi connectivity index (χ2v) is 36.9. The number of fused-ring (bicyclic) bond motifs is 12. The molecule has 0 saturated carbocycles. The van der Waals surface area contributed by atoms with Gasteiger partial charge in [-0.1, -0.05) is 160 Å². The van der Waals surface area contributed by atoms with Crippen molar-refractivity contribution in [2.24, 2.45) is 39.4 Å². The molecule has 3 aromatic heterocycles. The van der Waals surface area contributed by atoms with E-state index in [4.69, 9.17) is 29.2 Å². The van der Waals surface area contributed by atoms with Crippen molar-refractivity contribution in [3.05, 3.63) is 143 Å². The van der Waals surface area contributed by atoms with Crippen LogP contribution in [0.25, 0.3) is 50.9 Å². The molecule has 128 heavy (non-hydrogen) atoms. The summed E-state index contributed by atoms with van der Waals surface area (Å²) in [6.07, 6.45) is 12.5. The maximum atomic E-state index is 13.9. The van der Waals surface area contributed by atoms with Gasteiger partial charge in [0.1, 0.15) is 72.7 Å². The molecule has 0 radical (unpaired) electrons. The van der Waals surface area contributed by atoms with E-state index in [0.29, 0.717) is 80.6 Å². The minimum atomic E-state index is -3.19. The van der Waals surface area contributed by atoms with Gasteiger partial charge in [-0.2, -0.15) is 8.78 Å². The summed E-state index contributed by atoms with van der Waals surface area (Å²) < 4.78 is 47.7. The normalized spacial score (nSPS) is 28.0. The summed E-state index contributed by atoms with van der Waals surface area (Å²) >= 11 is 0. The highest BCUT2D eigenvalue weighted by Crippen LogP contribution is 2.42. The lowest BCUT2D eigenvalue weighted by molar-refractivity contribution is -0.161. The minimum Gasteiger partial charge on any atom is -0.455 e. The van der Waals surface area contributed by atoms with Crippen LogP contribution in [0.1, 0.15) is 229 Å². The molecular formula is C95H125F2N15O16. The third kappa shape index (κ3) is 24.5. The van der Waals surface area contributed by atoms with Gasteiger partial charge in [0.25, 0.3) is 17.7 Å². The molecule has 33 heteroatoms. The fraction of sp³-hybridized carbons (Fsp3) is 0.526. The predicted octanol–water partition coefficient (Wildman–Crippen LogP) is 10.7. The van der Waals surface area contributed by atoms with E-state index in [9.17, 15) is 66.3 Å². The summed E-state index contributed by atoms with van der Waals surface area (Å²) in [6, 6.07) is 20.1. The van der Waals surface area contributed by atoms with E-state index in [1.165, 1.54) is 10.0 Å². The molecule has 9 heterocycles. The molecule has 3 saturated heterocycles. The zero-order chi connectivity index (χ0) is 93.8. The Morgan fingerprint density at radius 3 is 1.14 bits per heavy atom. The lowest BCUT2D eigenvalue weighted by Gasteiger charge is -2.39. The van der Waals surface area contributed by atoms with Crippen molar-refractivity contribution >= 4 is 122 Å². The molecule has 0 spiro atoms. The first-order valence-electron chi connectivity index (χ1n) is 44.1. The number of aromatic nitrogens is 3. The summed E-state index contributed by atoms with van der Waals surface area (Å²) in [5, 5.41) is 23.2. The van der Waals surface area contributed by atoms with Gasteiger partial charge in [0, 0.05) is 35.8 Å². The highest BCUT2D eigenvalue weighted by atomic mass is 19.3. The molecule has 6 aliphatic heterocycles. The number of hydrogen-bond acceptors (Lipinski definition) is 22. The van der Waals surface area contributed by atoms with Crippen LogP contribution in [-0.2, 0) is 76.5 Å². The summed E-state index contributed by atoms with van der Waals surface area (Å²) in [5.41, 5.74) is 11.7. The third-order valence-corrected chi connectivity index (χ3v) is 24.5. The van der Waals surface area contributed by atoms with Crippen LogP contribution < -0.4 is 48.2 Å². The van der Waals surface area contributed by atoms with E-state index in [2.05, 4.69) is 52.9 Å². The number of esters is 3. The van der Waals surface area contributed by atoms with Crippen molar-refractivity contribution in [3.63, 3.8) is 0 Å². The average Bonchev–Trinajstić information content (AvgIpc) is 0.844. The maximum Gasteiger partial charge on any atom is 0.345 e. The number of alkyl halides is 2. The zero-order valence-corrected chi connectivity index (χ0v) is 76.6. The Morgan fingerprint density at radius 2 is 0.781 bits per heavy atom. The number of nitrogens with one attached hydrogen (secondary N) is 9. The van der Waals surface area contributed by atoms with Crippen LogP contribution in [0.15, 0.2) is 109 Å². The molecule has 15 bridgehead atoms. The standard InChI is InChI=1S/C33H45N5O5.C31H39F2N5O6.C31H41N5O5/c1-19(2)27-28(39)34-20(3)29(40)38-17-9-10-25(37-38)30(41)43-21(4)24-14-13-23-12-11-22(18-26(23)35-24)15-16-33(8,31(42)36-27)32(5,6)7;1-17(2)25-26(39)35-24(16-43-30(32)33)27(40)38-14-6-7-22(37-38)28(41)44-18(3)21-11-10-20-9-8-19(15-23(20)34-21)12-13-31(4,5)29(42)36-25;1-7-31(6)15-14-21-10-11-22-12-13-23(33-25(22)17-21)20(5)41-29(39)24-9-8-16-36(35-24)28(38)19(4)32-27(37)26(18(2)3)34-30(31)40/h11-16,18-21,25,27,37H,9-10,17H2,1-8H3,(H,34,39)(H,36,42);8-13,15,17-18,22,24-25,30,37H,6-7,14,16H2,1-5H3,(H,35,39)(H,36,42);10-15,17-20,24,26,35H,7-9,16H2,1-6H3,(H,32,37)(H,34,40)/b16-15+;13-12+;15-14+/t20-,21+,25-,27-,33?;18-,22+,24+,25+;19-,20+,24-,26-,31-/m010/s1. The Bertz CT molecular complexity index is 5230. The minimum absolute atomic E-state index is 0.151. The first-order valence-corrected chi connectivity index (χ1v) is 44.1. The first kappa shape index (κ1) is 98.6. The number of pyridine rings is 3. The molecule has 1 unspecified atom stereocenters. The van der Waals surface area contributed by atoms with Crippen LogP contribution in [0.3, 0.4) is 0 Å². The van der Waals surface area contributed by atoms with Gasteiger partial charge < -0.3 is 50.8 Å². The van der Waals surface area contributed by atoms with Gasteiger partial charge in [-0.3, -0.25) is 72.6 Å². The largest absolute Gasteiger partial charge is 0.455 e. The molecule has 31 nitrogen and oxygen atoms in total. The molecule has 3 aromatic carbocycles. The Kier molecular flexibility index (Phi) is 32.5. The number of amides is 9. The van der Waals surface area contributed by atoms with E-state index in [1.54, 1.807) is 80.5 Å². The smallest absolute Gasteiger partial charge is 0.345 e. The van der Waals surface area contributed by atoms with Crippen molar-refractivity contribution in [2.45, 2.75) is 256 Å². The van der Waals surface area contributed by atoms with Crippen LogP contribution in [0, 0.1) is 39.4 Å². The van der Waals surface area contributed by atoms with Crippen molar-refractivity contribution in [1.82, 2.24) is 78.2 Å².